The number of benzene rings is 2. The van der Waals surface area contributed by atoms with Crippen molar-refractivity contribution < 1.29 is 42.5 Å². The van der Waals surface area contributed by atoms with E-state index in [0.29, 0.717) is 6.54 Å². The van der Waals surface area contributed by atoms with E-state index in [0.717, 1.165) is 17.7 Å². The molecule has 0 fully saturated rings. The van der Waals surface area contributed by atoms with E-state index >= 15 is 0 Å². The second-order valence-electron chi connectivity index (χ2n) is 4.91. The molecule has 0 aliphatic carbocycles. The minimum absolute atomic E-state index is 0. The normalized spacial score (nSPS) is 10.9. The molecule has 0 unspecified atom stereocenters. The first-order valence-corrected chi connectivity index (χ1v) is 8.20. The number of hydrogen-bond donors (Lipinski definition) is 1. The van der Waals surface area contributed by atoms with Gasteiger partial charge in [-0.2, -0.15) is 0 Å². The van der Waals surface area contributed by atoms with Crippen LogP contribution in [0.15, 0.2) is 47.4 Å². The Labute approximate surface area is 154 Å². The average molecular weight is 327 g/mol. The Balaban J connectivity index is 0.00000242. The van der Waals surface area contributed by atoms with Crippen LogP contribution < -0.4 is 34.9 Å². The average Bonchev–Trinajstić information content (AvgIpc) is 2.44. The van der Waals surface area contributed by atoms with E-state index < -0.39 is 10.1 Å². The van der Waals surface area contributed by atoms with Crippen molar-refractivity contribution in [1.82, 2.24) is 0 Å². The Kier molecular flexibility index (Phi) is 7.09. The Bertz CT molecular complexity index is 745. The van der Waals surface area contributed by atoms with Crippen LogP contribution in [-0.2, 0) is 23.1 Å². The monoisotopic (exact) mass is 327 g/mol. The van der Waals surface area contributed by atoms with Crippen molar-refractivity contribution in [1.29, 1.82) is 0 Å². The number of nitrogens with one attached hydrogen (secondary N) is 1. The fraction of sp³-hybridized carbons (Fsp3) is 0.250. The molecule has 0 radical (unpaired) electrons. The van der Waals surface area contributed by atoms with E-state index in [1.54, 1.807) is 12.1 Å². The second-order valence-corrected chi connectivity index (χ2v) is 6.29. The standard InChI is InChI=1S/C16H19NO3S.Na/c1-3-15-12(2)6-4-9-16(15)17-11-13-7-5-8-14(10-13)21(18,19)20;/h4-10,17H,3,11H2,1-2H3,(H,18,19,20);/q;+1/p-1. The largest absolute Gasteiger partial charge is 1.00 e. The number of aryl methyl sites for hydroxylation is 1. The van der Waals surface area contributed by atoms with E-state index in [2.05, 4.69) is 25.2 Å². The third-order valence-electron chi connectivity index (χ3n) is 3.43. The van der Waals surface area contributed by atoms with Crippen molar-refractivity contribution in [3.8, 4) is 0 Å². The molecule has 0 atom stereocenters. The van der Waals surface area contributed by atoms with Crippen molar-refractivity contribution in [2.45, 2.75) is 31.7 Å². The Morgan fingerprint density at radius 2 is 1.82 bits per heavy atom. The molecule has 22 heavy (non-hydrogen) atoms. The van der Waals surface area contributed by atoms with Crippen molar-refractivity contribution in [3.63, 3.8) is 0 Å². The molecule has 6 heteroatoms. The summed E-state index contributed by atoms with van der Waals surface area (Å²) in [4.78, 5) is -0.193. The molecular weight excluding hydrogens is 309 g/mol. The molecule has 0 amide bonds. The molecule has 112 valence electrons. The van der Waals surface area contributed by atoms with Gasteiger partial charge in [-0.15, -0.1) is 0 Å². The Hall–Kier alpha value is -0.850. The molecule has 1 N–H and O–H groups in total. The zero-order valence-electron chi connectivity index (χ0n) is 13.1. The van der Waals surface area contributed by atoms with Crippen molar-refractivity contribution in [2.24, 2.45) is 0 Å². The zero-order valence-corrected chi connectivity index (χ0v) is 15.9. The molecule has 2 aromatic carbocycles. The summed E-state index contributed by atoms with van der Waals surface area (Å²) in [5.74, 6) is 0. The van der Waals surface area contributed by atoms with Gasteiger partial charge in [0.15, 0.2) is 0 Å². The molecular formula is C16H18NNaO3S. The van der Waals surface area contributed by atoms with Gasteiger partial charge in [0.1, 0.15) is 10.1 Å². The first-order valence-electron chi connectivity index (χ1n) is 6.79. The van der Waals surface area contributed by atoms with Gasteiger partial charge >= 0.3 is 29.6 Å². The summed E-state index contributed by atoms with van der Waals surface area (Å²) >= 11 is 0. The molecule has 0 heterocycles. The zero-order chi connectivity index (χ0) is 15.5. The van der Waals surface area contributed by atoms with Gasteiger partial charge in [0.05, 0.1) is 4.90 Å². The van der Waals surface area contributed by atoms with Gasteiger partial charge < -0.3 is 9.87 Å². The topological polar surface area (TPSA) is 69.2 Å². The minimum atomic E-state index is -4.41. The van der Waals surface area contributed by atoms with Gasteiger partial charge in [-0.1, -0.05) is 31.2 Å². The third kappa shape index (κ3) is 4.83. The van der Waals surface area contributed by atoms with E-state index in [-0.39, 0.29) is 34.5 Å². The summed E-state index contributed by atoms with van der Waals surface area (Å²) in [5.41, 5.74) is 4.26. The van der Waals surface area contributed by atoms with Crippen molar-refractivity contribution in [3.05, 3.63) is 59.2 Å². The molecule has 2 aromatic rings. The van der Waals surface area contributed by atoms with Crippen LogP contribution in [0.4, 0.5) is 5.69 Å². The van der Waals surface area contributed by atoms with Gasteiger partial charge in [0.2, 0.25) is 0 Å². The summed E-state index contributed by atoms with van der Waals surface area (Å²) in [7, 11) is -4.41. The molecule has 0 spiro atoms. The number of anilines is 1. The second kappa shape index (κ2) is 8.13. The maximum Gasteiger partial charge on any atom is 1.00 e. The van der Waals surface area contributed by atoms with Gasteiger partial charge in [-0.3, -0.25) is 0 Å². The predicted molar refractivity (Wildman–Crippen MR) is 82.3 cm³/mol. The van der Waals surface area contributed by atoms with Crippen LogP contribution in [-0.4, -0.2) is 13.0 Å². The van der Waals surface area contributed by atoms with Crippen LogP contribution >= 0.6 is 0 Å². The molecule has 0 aliphatic rings. The predicted octanol–water partition coefficient (Wildman–Crippen LogP) is 0.0776. The molecule has 2 rings (SSSR count). The first kappa shape index (κ1) is 19.2. The maximum atomic E-state index is 11.0. The molecule has 0 saturated heterocycles. The molecule has 0 bridgehead atoms. The summed E-state index contributed by atoms with van der Waals surface area (Å²) in [6.07, 6.45) is 0.921. The van der Waals surface area contributed by atoms with Gasteiger partial charge in [-0.05, 0) is 48.2 Å². The summed E-state index contributed by atoms with van der Waals surface area (Å²) < 4.78 is 33.1. The van der Waals surface area contributed by atoms with Crippen LogP contribution in [0.25, 0.3) is 0 Å². The van der Waals surface area contributed by atoms with Gasteiger partial charge in [-0.25, -0.2) is 8.42 Å². The molecule has 0 aliphatic heterocycles. The van der Waals surface area contributed by atoms with E-state index in [9.17, 15) is 13.0 Å². The quantitative estimate of drug-likeness (QED) is 0.624. The fourth-order valence-electron chi connectivity index (χ4n) is 2.35. The maximum absolute atomic E-state index is 11.0. The Morgan fingerprint density at radius 1 is 1.14 bits per heavy atom. The molecule has 4 nitrogen and oxygen atoms in total. The van der Waals surface area contributed by atoms with E-state index in [1.807, 2.05) is 12.1 Å². The van der Waals surface area contributed by atoms with E-state index in [1.165, 1.54) is 23.3 Å². The van der Waals surface area contributed by atoms with E-state index in [4.69, 9.17) is 0 Å². The smallest absolute Gasteiger partial charge is 0.744 e. The van der Waals surface area contributed by atoms with Gasteiger partial charge in [0.25, 0.3) is 0 Å². The molecule has 0 saturated carbocycles. The summed E-state index contributed by atoms with van der Waals surface area (Å²) in [6.45, 7) is 4.63. The van der Waals surface area contributed by atoms with Crippen molar-refractivity contribution >= 4 is 15.8 Å². The molecule has 0 aromatic heterocycles. The van der Waals surface area contributed by atoms with Crippen molar-refractivity contribution in [2.75, 3.05) is 5.32 Å². The third-order valence-corrected chi connectivity index (χ3v) is 4.27. The Morgan fingerprint density at radius 3 is 2.45 bits per heavy atom. The minimum Gasteiger partial charge on any atom is -0.744 e. The van der Waals surface area contributed by atoms with Gasteiger partial charge in [0, 0.05) is 12.2 Å². The van der Waals surface area contributed by atoms with Crippen LogP contribution in [0.2, 0.25) is 0 Å². The summed E-state index contributed by atoms with van der Waals surface area (Å²) in [5, 5.41) is 3.30. The fourth-order valence-corrected chi connectivity index (χ4v) is 2.89. The van der Waals surface area contributed by atoms with Crippen LogP contribution in [0.3, 0.4) is 0 Å². The number of rotatable bonds is 5. The number of hydrogen-bond acceptors (Lipinski definition) is 4. The summed E-state index contributed by atoms with van der Waals surface area (Å²) in [6, 6.07) is 12.2. The van der Waals surface area contributed by atoms with Crippen LogP contribution in [0.1, 0.15) is 23.6 Å². The van der Waals surface area contributed by atoms with Crippen LogP contribution in [0, 0.1) is 6.92 Å². The van der Waals surface area contributed by atoms with Crippen LogP contribution in [0.5, 0.6) is 0 Å². The SMILES string of the molecule is CCc1c(C)cccc1NCc1cccc(S(=O)(=O)[O-])c1.[Na+]. The first-order chi connectivity index (χ1) is 9.91.